The minimum Gasteiger partial charge on any atom is -0.486 e. The second kappa shape index (κ2) is 6.75. The van der Waals surface area contributed by atoms with Crippen LogP contribution in [-0.4, -0.2) is 46.7 Å². The monoisotopic (exact) mass is 369 g/mol. The predicted octanol–water partition coefficient (Wildman–Crippen LogP) is 1.81. The normalized spacial score (nSPS) is 25.2. The van der Waals surface area contributed by atoms with Gasteiger partial charge in [0.05, 0.1) is 17.6 Å². The molecule has 7 nitrogen and oxygen atoms in total. The molecule has 1 saturated heterocycles. The number of fused-ring (bicyclic) bond motifs is 1. The molecule has 2 aliphatic heterocycles. The van der Waals surface area contributed by atoms with Crippen LogP contribution in [0.2, 0.25) is 0 Å². The first-order valence-electron chi connectivity index (χ1n) is 8.77. The maximum atomic E-state index is 12.5. The molecule has 4 rings (SSSR count). The van der Waals surface area contributed by atoms with Crippen molar-refractivity contribution in [2.45, 2.75) is 48.9 Å². The topological polar surface area (TPSA) is 83.1 Å². The van der Waals surface area contributed by atoms with E-state index in [4.69, 9.17) is 18.9 Å². The number of hydrogen-bond donors (Lipinski definition) is 1. The lowest BCUT2D eigenvalue weighted by Gasteiger charge is -2.31. The van der Waals surface area contributed by atoms with Crippen molar-refractivity contribution in [1.82, 2.24) is 4.72 Å². The molecule has 1 N–H and O–H groups in total. The number of ether oxygens (including phenoxy) is 4. The van der Waals surface area contributed by atoms with Gasteiger partial charge in [0.15, 0.2) is 17.3 Å². The first-order chi connectivity index (χ1) is 12.1. The van der Waals surface area contributed by atoms with Crippen molar-refractivity contribution in [2.24, 2.45) is 0 Å². The van der Waals surface area contributed by atoms with Gasteiger partial charge < -0.3 is 18.9 Å². The van der Waals surface area contributed by atoms with Crippen LogP contribution >= 0.6 is 0 Å². The molecule has 1 aliphatic carbocycles. The fraction of sp³-hybridized carbons (Fsp3) is 0.647. The van der Waals surface area contributed by atoms with Crippen molar-refractivity contribution in [3.63, 3.8) is 0 Å². The maximum absolute atomic E-state index is 12.5. The highest BCUT2D eigenvalue weighted by Crippen LogP contribution is 2.37. The van der Waals surface area contributed by atoms with Crippen LogP contribution in [0.3, 0.4) is 0 Å². The second-order valence-corrected chi connectivity index (χ2v) is 8.45. The Hall–Kier alpha value is -1.35. The summed E-state index contributed by atoms with van der Waals surface area (Å²) in [7, 11) is -3.64. The molecule has 3 aliphatic rings. The molecule has 138 valence electrons. The third-order valence-electron chi connectivity index (χ3n) is 4.85. The summed E-state index contributed by atoms with van der Waals surface area (Å²) in [6.45, 7) is 1.50. The molecule has 1 aromatic carbocycles. The van der Waals surface area contributed by atoms with Crippen LogP contribution < -0.4 is 14.2 Å². The average Bonchev–Trinajstić information content (AvgIpc) is 3.03. The molecule has 1 atom stereocenters. The van der Waals surface area contributed by atoms with E-state index < -0.39 is 15.8 Å². The van der Waals surface area contributed by atoms with Gasteiger partial charge >= 0.3 is 0 Å². The fourth-order valence-electron chi connectivity index (χ4n) is 3.55. The Morgan fingerprint density at radius 3 is 2.64 bits per heavy atom. The summed E-state index contributed by atoms with van der Waals surface area (Å²) in [5.74, 6) is 0.526. The number of benzene rings is 1. The summed E-state index contributed by atoms with van der Waals surface area (Å²) in [5, 5.41) is 0. The first kappa shape index (κ1) is 17.1. The van der Waals surface area contributed by atoms with Crippen LogP contribution in [0, 0.1) is 0 Å². The van der Waals surface area contributed by atoms with Gasteiger partial charge in [-0.1, -0.05) is 6.42 Å². The molecule has 0 unspecified atom stereocenters. The predicted molar refractivity (Wildman–Crippen MR) is 89.3 cm³/mol. The van der Waals surface area contributed by atoms with Crippen molar-refractivity contribution < 1.29 is 27.4 Å². The highest BCUT2D eigenvalue weighted by molar-refractivity contribution is 7.89. The molecule has 0 radical (unpaired) electrons. The summed E-state index contributed by atoms with van der Waals surface area (Å²) in [6, 6.07) is 4.63. The third kappa shape index (κ3) is 3.62. The number of hydrogen-bond acceptors (Lipinski definition) is 6. The van der Waals surface area contributed by atoms with Crippen molar-refractivity contribution in [1.29, 1.82) is 0 Å². The molecule has 2 heterocycles. The van der Waals surface area contributed by atoms with Crippen molar-refractivity contribution >= 4 is 10.0 Å². The minimum atomic E-state index is -3.64. The fourth-order valence-corrected chi connectivity index (χ4v) is 4.63. The first-order valence-corrected chi connectivity index (χ1v) is 10.3. The van der Waals surface area contributed by atoms with E-state index >= 15 is 0 Å². The van der Waals surface area contributed by atoms with E-state index in [-0.39, 0.29) is 17.5 Å². The van der Waals surface area contributed by atoms with Crippen molar-refractivity contribution in [3.05, 3.63) is 18.2 Å². The van der Waals surface area contributed by atoms with Crippen LogP contribution in [0.25, 0.3) is 0 Å². The Bertz CT molecular complexity index is 729. The van der Waals surface area contributed by atoms with Gasteiger partial charge in [0.2, 0.25) is 10.0 Å². The van der Waals surface area contributed by atoms with Crippen molar-refractivity contribution in [2.75, 3.05) is 26.4 Å². The van der Waals surface area contributed by atoms with Crippen LogP contribution in [0.1, 0.15) is 32.1 Å². The van der Waals surface area contributed by atoms with E-state index in [0.29, 0.717) is 31.3 Å². The van der Waals surface area contributed by atoms with E-state index in [2.05, 4.69) is 4.72 Å². The molecule has 1 saturated carbocycles. The Kier molecular flexibility index (Phi) is 4.61. The summed E-state index contributed by atoms with van der Waals surface area (Å²) in [5.41, 5.74) is 0. The van der Waals surface area contributed by atoms with E-state index in [1.54, 1.807) is 6.07 Å². The zero-order valence-corrected chi connectivity index (χ0v) is 14.8. The Balaban J connectivity index is 1.39. The van der Waals surface area contributed by atoms with Crippen LogP contribution in [0.4, 0.5) is 0 Å². The standard InChI is InChI=1S/C17H23NO6S/c19-25(20,14-4-5-15-16(10-14)22-9-8-21-15)18-11-13-12-23-17(24-13)6-2-1-3-7-17/h4-5,10,13,18H,1-3,6-9,11-12H2/t13-/m0/s1. The second-order valence-electron chi connectivity index (χ2n) is 6.68. The molecule has 2 fully saturated rings. The molecule has 1 aromatic rings. The molecule has 0 aromatic heterocycles. The Morgan fingerprint density at radius 1 is 1.08 bits per heavy atom. The summed E-state index contributed by atoms with van der Waals surface area (Å²) < 4.78 is 50.4. The van der Waals surface area contributed by atoms with Gasteiger partial charge in [-0.05, 0) is 25.0 Å². The van der Waals surface area contributed by atoms with Gasteiger partial charge in [-0.3, -0.25) is 0 Å². The Morgan fingerprint density at radius 2 is 1.84 bits per heavy atom. The van der Waals surface area contributed by atoms with E-state index in [1.165, 1.54) is 18.6 Å². The zero-order valence-electron chi connectivity index (χ0n) is 14.0. The minimum absolute atomic E-state index is 0.156. The Labute approximate surface area is 147 Å². The molecule has 0 bridgehead atoms. The summed E-state index contributed by atoms with van der Waals surface area (Å²) in [6.07, 6.45) is 4.91. The lowest BCUT2D eigenvalue weighted by Crippen LogP contribution is -2.37. The van der Waals surface area contributed by atoms with Gasteiger partial charge in [-0.15, -0.1) is 0 Å². The van der Waals surface area contributed by atoms with Crippen LogP contribution in [0.5, 0.6) is 11.5 Å². The lowest BCUT2D eigenvalue weighted by molar-refractivity contribution is -0.186. The third-order valence-corrected chi connectivity index (χ3v) is 6.28. The van der Waals surface area contributed by atoms with Gasteiger partial charge in [0.25, 0.3) is 0 Å². The molecule has 0 amide bonds. The smallest absolute Gasteiger partial charge is 0.240 e. The summed E-state index contributed by atoms with van der Waals surface area (Å²) >= 11 is 0. The number of sulfonamides is 1. The van der Waals surface area contributed by atoms with E-state index in [1.807, 2.05) is 0 Å². The van der Waals surface area contributed by atoms with Gasteiger partial charge in [0, 0.05) is 25.5 Å². The largest absolute Gasteiger partial charge is 0.486 e. The number of rotatable bonds is 4. The number of nitrogens with one attached hydrogen (secondary N) is 1. The average molecular weight is 369 g/mol. The highest BCUT2D eigenvalue weighted by atomic mass is 32.2. The van der Waals surface area contributed by atoms with E-state index in [0.717, 1.165) is 25.7 Å². The quantitative estimate of drug-likeness (QED) is 0.872. The van der Waals surface area contributed by atoms with Crippen LogP contribution in [-0.2, 0) is 19.5 Å². The van der Waals surface area contributed by atoms with Crippen LogP contribution in [0.15, 0.2) is 23.1 Å². The van der Waals surface area contributed by atoms with Crippen molar-refractivity contribution in [3.8, 4) is 11.5 Å². The van der Waals surface area contributed by atoms with Gasteiger partial charge in [-0.25, -0.2) is 13.1 Å². The lowest BCUT2D eigenvalue weighted by atomic mass is 9.94. The maximum Gasteiger partial charge on any atom is 0.240 e. The van der Waals surface area contributed by atoms with Gasteiger partial charge in [0.1, 0.15) is 13.2 Å². The molecule has 1 spiro atoms. The zero-order chi connectivity index (χ0) is 17.3. The van der Waals surface area contributed by atoms with E-state index in [9.17, 15) is 8.42 Å². The SMILES string of the molecule is O=S(=O)(NC[C@H]1COC2(CCCCC2)O1)c1ccc2c(c1)OCCO2. The molecule has 8 heteroatoms. The summed E-state index contributed by atoms with van der Waals surface area (Å²) in [4.78, 5) is 0.156. The molecular weight excluding hydrogens is 346 g/mol. The highest BCUT2D eigenvalue weighted by Gasteiger charge is 2.42. The van der Waals surface area contributed by atoms with Gasteiger partial charge in [-0.2, -0.15) is 0 Å². The molecular formula is C17H23NO6S. The molecule has 25 heavy (non-hydrogen) atoms.